The highest BCUT2D eigenvalue weighted by atomic mass is 32.2. The maximum absolute atomic E-state index is 14.1. The normalized spacial score (nSPS) is 10.6. The molecule has 2 amide bonds. The molecule has 0 aliphatic carbocycles. The van der Waals surface area contributed by atoms with E-state index in [1.165, 1.54) is 37.1 Å². The van der Waals surface area contributed by atoms with Crippen LogP contribution in [-0.2, 0) is 9.59 Å². The number of carbonyl (C=O) groups is 3. The number of carbonyl (C=O) groups excluding carboxylic acids is 3. The summed E-state index contributed by atoms with van der Waals surface area (Å²) in [5, 5.41) is 2.86. The molecule has 0 fully saturated rings. The van der Waals surface area contributed by atoms with E-state index in [1.807, 2.05) is 32.9 Å². The van der Waals surface area contributed by atoms with Crippen molar-refractivity contribution in [3.8, 4) is 0 Å². The van der Waals surface area contributed by atoms with Crippen molar-refractivity contribution in [3.63, 3.8) is 0 Å². The molecule has 2 rings (SSSR count). The Hall–Kier alpha value is -2.67. The number of halogens is 1. The van der Waals surface area contributed by atoms with Crippen molar-refractivity contribution in [1.82, 2.24) is 4.90 Å². The predicted molar refractivity (Wildman–Crippen MR) is 114 cm³/mol. The van der Waals surface area contributed by atoms with E-state index in [1.54, 1.807) is 0 Å². The molecule has 0 atom stereocenters. The maximum atomic E-state index is 14.1. The summed E-state index contributed by atoms with van der Waals surface area (Å²) < 4.78 is 14.1. The minimum absolute atomic E-state index is 0.0112. The maximum Gasteiger partial charge on any atom is 0.243 e. The van der Waals surface area contributed by atoms with E-state index in [0.717, 1.165) is 34.1 Å². The average molecular weight is 417 g/mol. The van der Waals surface area contributed by atoms with Crippen LogP contribution >= 0.6 is 11.8 Å². The lowest BCUT2D eigenvalue weighted by molar-refractivity contribution is -0.131. The van der Waals surface area contributed by atoms with Gasteiger partial charge in [-0.05, 0) is 51.0 Å². The predicted octanol–water partition coefficient (Wildman–Crippen LogP) is 4.14. The Bertz CT molecular complexity index is 936. The summed E-state index contributed by atoms with van der Waals surface area (Å²) in [7, 11) is 1.53. The number of ketones is 1. The minimum atomic E-state index is -0.541. The first-order chi connectivity index (χ1) is 13.6. The first kappa shape index (κ1) is 22.6. The zero-order valence-corrected chi connectivity index (χ0v) is 18.1. The fraction of sp³-hybridized carbons (Fsp3) is 0.318. The summed E-state index contributed by atoms with van der Waals surface area (Å²) in [6.07, 6.45) is 0. The van der Waals surface area contributed by atoms with Crippen molar-refractivity contribution < 1.29 is 18.8 Å². The highest BCUT2D eigenvalue weighted by Crippen LogP contribution is 2.24. The minimum Gasteiger partial charge on any atom is -0.336 e. The Morgan fingerprint density at radius 1 is 1.07 bits per heavy atom. The zero-order valence-electron chi connectivity index (χ0n) is 17.3. The van der Waals surface area contributed by atoms with Crippen molar-refractivity contribution in [2.24, 2.45) is 0 Å². The molecule has 0 unspecified atom stereocenters. The number of hydrogen-bond donors (Lipinski definition) is 1. The van der Waals surface area contributed by atoms with E-state index < -0.39 is 5.82 Å². The number of Topliss-reactive ketones (excluding diaryl/α,β-unsaturated/α-hetero) is 1. The van der Waals surface area contributed by atoms with Gasteiger partial charge in [0.15, 0.2) is 5.78 Å². The molecule has 0 aliphatic rings. The number of rotatable bonds is 7. The van der Waals surface area contributed by atoms with Crippen LogP contribution in [0.2, 0.25) is 0 Å². The first-order valence-corrected chi connectivity index (χ1v) is 10.1. The highest BCUT2D eigenvalue weighted by molar-refractivity contribution is 8.00. The van der Waals surface area contributed by atoms with E-state index in [0.29, 0.717) is 0 Å². The van der Waals surface area contributed by atoms with Gasteiger partial charge in [0.2, 0.25) is 11.8 Å². The Labute approximate surface area is 174 Å². The van der Waals surface area contributed by atoms with E-state index in [-0.39, 0.29) is 40.4 Å². The molecule has 0 radical (unpaired) electrons. The SMILES string of the molecule is CC(=O)c1ccc(SCC(=O)N(C)CC(=O)Nc2c(C)cc(C)cc2C)c(F)c1. The molecule has 0 saturated heterocycles. The zero-order chi connectivity index (χ0) is 21.7. The van der Waals surface area contributed by atoms with E-state index in [2.05, 4.69) is 5.32 Å². The number of hydrogen-bond acceptors (Lipinski definition) is 4. The summed E-state index contributed by atoms with van der Waals surface area (Å²) in [6, 6.07) is 8.15. The fourth-order valence-electron chi connectivity index (χ4n) is 2.95. The molecule has 0 saturated carbocycles. The summed E-state index contributed by atoms with van der Waals surface area (Å²) in [5.41, 5.74) is 4.08. The van der Waals surface area contributed by atoms with Gasteiger partial charge in [0.05, 0.1) is 12.3 Å². The van der Waals surface area contributed by atoms with Crippen molar-refractivity contribution >= 4 is 35.0 Å². The lowest BCUT2D eigenvalue weighted by Gasteiger charge is -2.18. The number of amides is 2. The molecule has 5 nitrogen and oxygen atoms in total. The van der Waals surface area contributed by atoms with Crippen LogP contribution in [0.5, 0.6) is 0 Å². The van der Waals surface area contributed by atoms with Gasteiger partial charge in [0.25, 0.3) is 0 Å². The summed E-state index contributed by atoms with van der Waals surface area (Å²) in [6.45, 7) is 7.11. The molecule has 7 heteroatoms. The lowest BCUT2D eigenvalue weighted by Crippen LogP contribution is -2.36. The van der Waals surface area contributed by atoms with Crippen LogP contribution in [0.1, 0.15) is 34.0 Å². The lowest BCUT2D eigenvalue weighted by atomic mass is 10.1. The highest BCUT2D eigenvalue weighted by Gasteiger charge is 2.16. The number of nitrogens with one attached hydrogen (secondary N) is 1. The van der Waals surface area contributed by atoms with Crippen LogP contribution in [0.4, 0.5) is 10.1 Å². The van der Waals surface area contributed by atoms with Crippen LogP contribution in [0.3, 0.4) is 0 Å². The number of thioether (sulfide) groups is 1. The standard InChI is InChI=1S/C22H25FN2O3S/c1-13-8-14(2)22(15(3)9-13)24-20(27)11-25(5)21(28)12-29-19-7-6-17(16(4)26)10-18(19)23/h6-10H,11-12H2,1-5H3,(H,24,27). The Balaban J connectivity index is 1.92. The first-order valence-electron chi connectivity index (χ1n) is 9.13. The second-order valence-corrected chi connectivity index (χ2v) is 8.08. The van der Waals surface area contributed by atoms with Crippen molar-refractivity contribution in [1.29, 1.82) is 0 Å². The van der Waals surface area contributed by atoms with Gasteiger partial charge in [0, 0.05) is 23.2 Å². The Kier molecular flexibility index (Phi) is 7.56. The second kappa shape index (κ2) is 9.69. The van der Waals surface area contributed by atoms with Gasteiger partial charge in [0.1, 0.15) is 5.82 Å². The summed E-state index contributed by atoms with van der Waals surface area (Å²) in [5.74, 6) is -1.36. The molecule has 0 spiro atoms. The molecule has 154 valence electrons. The average Bonchev–Trinajstić information content (AvgIpc) is 2.63. The number of likely N-dealkylation sites (N-methyl/N-ethyl adjacent to an activating group) is 1. The van der Waals surface area contributed by atoms with Gasteiger partial charge in [-0.1, -0.05) is 23.8 Å². The fourth-order valence-corrected chi connectivity index (χ4v) is 3.81. The molecular formula is C22H25FN2O3S. The van der Waals surface area contributed by atoms with Gasteiger partial charge >= 0.3 is 0 Å². The largest absolute Gasteiger partial charge is 0.336 e. The molecule has 1 N–H and O–H groups in total. The Morgan fingerprint density at radius 3 is 2.24 bits per heavy atom. The second-order valence-electron chi connectivity index (χ2n) is 7.06. The van der Waals surface area contributed by atoms with Crippen LogP contribution in [-0.4, -0.2) is 41.8 Å². The van der Waals surface area contributed by atoms with E-state index in [4.69, 9.17) is 0 Å². The summed E-state index contributed by atoms with van der Waals surface area (Å²) in [4.78, 5) is 37.5. The van der Waals surface area contributed by atoms with Crippen LogP contribution in [0, 0.1) is 26.6 Å². The van der Waals surface area contributed by atoms with E-state index in [9.17, 15) is 18.8 Å². The van der Waals surface area contributed by atoms with Crippen molar-refractivity contribution in [3.05, 3.63) is 58.4 Å². The van der Waals surface area contributed by atoms with Gasteiger partial charge < -0.3 is 10.2 Å². The third-order valence-electron chi connectivity index (χ3n) is 4.44. The van der Waals surface area contributed by atoms with Crippen LogP contribution < -0.4 is 5.32 Å². The molecule has 0 heterocycles. The number of aryl methyl sites for hydroxylation is 3. The van der Waals surface area contributed by atoms with Gasteiger partial charge in [-0.3, -0.25) is 14.4 Å². The number of anilines is 1. The third-order valence-corrected chi connectivity index (χ3v) is 5.47. The Morgan fingerprint density at radius 2 is 1.69 bits per heavy atom. The monoisotopic (exact) mass is 416 g/mol. The molecule has 2 aromatic carbocycles. The summed E-state index contributed by atoms with van der Waals surface area (Å²) >= 11 is 1.03. The van der Waals surface area contributed by atoms with Crippen molar-refractivity contribution in [2.45, 2.75) is 32.6 Å². The molecule has 29 heavy (non-hydrogen) atoms. The van der Waals surface area contributed by atoms with Crippen LogP contribution in [0.25, 0.3) is 0 Å². The number of nitrogens with zero attached hydrogens (tertiary/aromatic N) is 1. The van der Waals surface area contributed by atoms with Crippen LogP contribution in [0.15, 0.2) is 35.2 Å². The molecule has 0 aromatic heterocycles. The van der Waals surface area contributed by atoms with Gasteiger partial charge in [-0.15, -0.1) is 11.8 Å². The third kappa shape index (κ3) is 6.15. The molecule has 0 bridgehead atoms. The quantitative estimate of drug-likeness (QED) is 0.544. The molecule has 2 aromatic rings. The van der Waals surface area contributed by atoms with Gasteiger partial charge in [-0.25, -0.2) is 4.39 Å². The van der Waals surface area contributed by atoms with E-state index >= 15 is 0 Å². The van der Waals surface area contributed by atoms with Gasteiger partial charge in [-0.2, -0.15) is 0 Å². The topological polar surface area (TPSA) is 66.5 Å². The number of benzene rings is 2. The smallest absolute Gasteiger partial charge is 0.243 e. The molecular weight excluding hydrogens is 391 g/mol. The molecule has 0 aliphatic heterocycles. The van der Waals surface area contributed by atoms with Crippen molar-refractivity contribution in [2.75, 3.05) is 24.7 Å².